The summed E-state index contributed by atoms with van der Waals surface area (Å²) in [5.41, 5.74) is 0.467. The first-order valence-corrected chi connectivity index (χ1v) is 6.88. The van der Waals surface area contributed by atoms with Crippen molar-refractivity contribution in [1.82, 2.24) is 0 Å². The number of nitriles is 1. The predicted molar refractivity (Wildman–Crippen MR) is 77.8 cm³/mol. The lowest BCUT2D eigenvalue weighted by molar-refractivity contribution is 0.404. The van der Waals surface area contributed by atoms with E-state index in [4.69, 9.17) is 11.6 Å². The summed E-state index contributed by atoms with van der Waals surface area (Å²) in [6.07, 6.45) is 2.74. The molecule has 0 aliphatic carbocycles. The highest BCUT2D eigenvalue weighted by Gasteiger charge is 2.29. The van der Waals surface area contributed by atoms with Crippen molar-refractivity contribution < 1.29 is 0 Å². The Labute approximate surface area is 115 Å². The monoisotopic (exact) mass is 264 g/mol. The number of halogens is 1. The topological polar surface area (TPSA) is 35.8 Å². The van der Waals surface area contributed by atoms with Crippen LogP contribution in [0.2, 0.25) is 5.02 Å². The average molecular weight is 265 g/mol. The van der Waals surface area contributed by atoms with Gasteiger partial charge < -0.3 is 5.32 Å². The van der Waals surface area contributed by atoms with E-state index in [1.807, 2.05) is 24.3 Å². The maximum absolute atomic E-state index is 9.50. The van der Waals surface area contributed by atoms with Crippen LogP contribution in [0.1, 0.15) is 40.0 Å². The van der Waals surface area contributed by atoms with Gasteiger partial charge in [-0.1, -0.05) is 38.8 Å². The van der Waals surface area contributed by atoms with Crippen LogP contribution >= 0.6 is 11.6 Å². The molecule has 0 aliphatic heterocycles. The first kappa shape index (κ1) is 14.9. The molecule has 0 aromatic heterocycles. The van der Waals surface area contributed by atoms with Crippen LogP contribution in [0, 0.1) is 17.2 Å². The van der Waals surface area contributed by atoms with Gasteiger partial charge in [0.25, 0.3) is 0 Å². The summed E-state index contributed by atoms with van der Waals surface area (Å²) in [6, 6.07) is 9.96. The van der Waals surface area contributed by atoms with Crippen molar-refractivity contribution in [2.75, 3.05) is 5.32 Å². The number of benzene rings is 1. The SMILES string of the molecule is CCC(C)CC(C#N)(CC)Nc1ccc(Cl)cc1. The zero-order valence-corrected chi connectivity index (χ0v) is 12.1. The lowest BCUT2D eigenvalue weighted by atomic mass is 9.85. The Kier molecular flexibility index (Phi) is 5.50. The van der Waals surface area contributed by atoms with Crippen LogP contribution in [0.15, 0.2) is 24.3 Å². The van der Waals surface area contributed by atoms with Gasteiger partial charge >= 0.3 is 0 Å². The standard InChI is InChI=1S/C15H21ClN2/c1-4-12(3)10-15(5-2,11-17)18-14-8-6-13(16)7-9-14/h6-9,12,18H,4-5,10H2,1-3H3. The molecule has 1 aromatic carbocycles. The van der Waals surface area contributed by atoms with Crippen molar-refractivity contribution in [3.8, 4) is 6.07 Å². The van der Waals surface area contributed by atoms with E-state index in [1.165, 1.54) is 0 Å². The molecule has 2 unspecified atom stereocenters. The maximum atomic E-state index is 9.50. The third kappa shape index (κ3) is 3.92. The zero-order chi connectivity index (χ0) is 13.6. The molecule has 1 N–H and O–H groups in total. The predicted octanol–water partition coefficient (Wildman–Crippen LogP) is 4.86. The Hall–Kier alpha value is -1.20. The molecule has 3 heteroatoms. The van der Waals surface area contributed by atoms with Crippen molar-refractivity contribution in [2.24, 2.45) is 5.92 Å². The molecule has 2 atom stereocenters. The summed E-state index contributed by atoms with van der Waals surface area (Å²) in [6.45, 7) is 6.39. The molecule has 0 fully saturated rings. The number of nitrogens with one attached hydrogen (secondary N) is 1. The minimum absolute atomic E-state index is 0.483. The van der Waals surface area contributed by atoms with Gasteiger partial charge in [-0.25, -0.2) is 0 Å². The van der Waals surface area contributed by atoms with E-state index in [9.17, 15) is 5.26 Å². The van der Waals surface area contributed by atoms with Crippen molar-refractivity contribution in [2.45, 2.75) is 45.6 Å². The molecule has 0 bridgehead atoms. The molecule has 0 amide bonds. The normalized spacial score (nSPS) is 15.5. The van der Waals surface area contributed by atoms with E-state index >= 15 is 0 Å². The van der Waals surface area contributed by atoms with E-state index in [1.54, 1.807) is 0 Å². The van der Waals surface area contributed by atoms with Gasteiger partial charge in [0.05, 0.1) is 6.07 Å². The second-order valence-electron chi connectivity index (χ2n) is 4.90. The summed E-state index contributed by atoms with van der Waals surface area (Å²) in [5.74, 6) is 0.532. The van der Waals surface area contributed by atoms with Crippen LogP contribution in [0.5, 0.6) is 0 Å². The summed E-state index contributed by atoms with van der Waals surface area (Å²) in [4.78, 5) is 0. The highest BCUT2D eigenvalue weighted by molar-refractivity contribution is 6.30. The van der Waals surface area contributed by atoms with Gasteiger partial charge in [-0.05, 0) is 43.0 Å². The third-order valence-electron chi connectivity index (χ3n) is 3.44. The molecule has 0 saturated carbocycles. The molecular weight excluding hydrogens is 244 g/mol. The minimum Gasteiger partial charge on any atom is -0.367 e. The zero-order valence-electron chi connectivity index (χ0n) is 11.3. The Morgan fingerprint density at radius 3 is 2.39 bits per heavy atom. The van der Waals surface area contributed by atoms with E-state index in [0.29, 0.717) is 10.9 Å². The summed E-state index contributed by atoms with van der Waals surface area (Å²) in [7, 11) is 0. The van der Waals surface area contributed by atoms with E-state index in [2.05, 4.69) is 32.2 Å². The number of rotatable bonds is 6. The van der Waals surface area contributed by atoms with E-state index < -0.39 is 5.54 Å². The van der Waals surface area contributed by atoms with Gasteiger partial charge in [0, 0.05) is 10.7 Å². The molecule has 2 nitrogen and oxygen atoms in total. The molecule has 0 saturated heterocycles. The van der Waals surface area contributed by atoms with Crippen LogP contribution in [0.3, 0.4) is 0 Å². The van der Waals surface area contributed by atoms with Crippen LogP contribution in [-0.2, 0) is 0 Å². The van der Waals surface area contributed by atoms with Crippen molar-refractivity contribution in [3.63, 3.8) is 0 Å². The first-order chi connectivity index (χ1) is 8.55. The molecule has 0 radical (unpaired) electrons. The third-order valence-corrected chi connectivity index (χ3v) is 3.69. The van der Waals surface area contributed by atoms with Crippen LogP contribution in [0.25, 0.3) is 0 Å². The Morgan fingerprint density at radius 1 is 1.33 bits per heavy atom. The van der Waals surface area contributed by atoms with E-state index in [-0.39, 0.29) is 0 Å². The quantitative estimate of drug-likeness (QED) is 0.796. The maximum Gasteiger partial charge on any atom is 0.125 e. The van der Waals surface area contributed by atoms with Gasteiger partial charge in [-0.2, -0.15) is 5.26 Å². The molecule has 0 heterocycles. The molecule has 98 valence electrons. The lowest BCUT2D eigenvalue weighted by Crippen LogP contribution is -2.37. The smallest absolute Gasteiger partial charge is 0.125 e. The molecule has 18 heavy (non-hydrogen) atoms. The van der Waals surface area contributed by atoms with Crippen molar-refractivity contribution >= 4 is 17.3 Å². The fourth-order valence-corrected chi connectivity index (χ4v) is 2.11. The van der Waals surface area contributed by atoms with Crippen molar-refractivity contribution in [1.29, 1.82) is 5.26 Å². The molecule has 0 aliphatic rings. The van der Waals surface area contributed by atoms with Gasteiger partial charge in [-0.3, -0.25) is 0 Å². The molecule has 0 spiro atoms. The number of hydrogen-bond acceptors (Lipinski definition) is 2. The fraction of sp³-hybridized carbons (Fsp3) is 0.533. The average Bonchev–Trinajstić information content (AvgIpc) is 2.40. The Bertz CT molecular complexity index is 407. The molecular formula is C15H21ClN2. The van der Waals surface area contributed by atoms with Gasteiger partial charge in [0.15, 0.2) is 0 Å². The van der Waals surface area contributed by atoms with Gasteiger partial charge in [-0.15, -0.1) is 0 Å². The summed E-state index contributed by atoms with van der Waals surface area (Å²) in [5, 5.41) is 13.6. The Balaban J connectivity index is 2.85. The second kappa shape index (κ2) is 6.66. The number of anilines is 1. The number of hydrogen-bond donors (Lipinski definition) is 1. The van der Waals surface area contributed by atoms with Gasteiger partial charge in [0.2, 0.25) is 0 Å². The van der Waals surface area contributed by atoms with Gasteiger partial charge in [0.1, 0.15) is 5.54 Å². The van der Waals surface area contributed by atoms with E-state index in [0.717, 1.165) is 24.9 Å². The summed E-state index contributed by atoms with van der Waals surface area (Å²) >= 11 is 5.86. The molecule has 1 aromatic rings. The summed E-state index contributed by atoms with van der Waals surface area (Å²) < 4.78 is 0. The van der Waals surface area contributed by atoms with Crippen molar-refractivity contribution in [3.05, 3.63) is 29.3 Å². The highest BCUT2D eigenvalue weighted by atomic mass is 35.5. The number of nitrogens with zero attached hydrogens (tertiary/aromatic N) is 1. The first-order valence-electron chi connectivity index (χ1n) is 6.50. The minimum atomic E-state index is -0.483. The molecule has 1 rings (SSSR count). The highest BCUT2D eigenvalue weighted by Crippen LogP contribution is 2.27. The fourth-order valence-electron chi connectivity index (χ4n) is 1.99. The Morgan fingerprint density at radius 2 is 1.94 bits per heavy atom. The largest absolute Gasteiger partial charge is 0.367 e. The lowest BCUT2D eigenvalue weighted by Gasteiger charge is -2.30. The van der Waals surface area contributed by atoms with Crippen LogP contribution in [0.4, 0.5) is 5.69 Å². The second-order valence-corrected chi connectivity index (χ2v) is 5.33. The van der Waals surface area contributed by atoms with Crippen LogP contribution in [-0.4, -0.2) is 5.54 Å². The van der Waals surface area contributed by atoms with Crippen LogP contribution < -0.4 is 5.32 Å².